The first-order valence-corrected chi connectivity index (χ1v) is 17.3. The van der Waals surface area contributed by atoms with Crippen molar-refractivity contribution >= 4 is 38.0 Å². The van der Waals surface area contributed by atoms with Crippen molar-refractivity contribution in [3.63, 3.8) is 0 Å². The number of pyridine rings is 1. The molecule has 1 heteroatoms. The Morgan fingerprint density at radius 1 is 0.520 bits per heavy atom. The fraction of sp³-hybridized carbons (Fsp3) is 0.0408. The van der Waals surface area contributed by atoms with E-state index in [9.17, 15) is 0 Å². The molecule has 0 aliphatic heterocycles. The number of fused-ring (bicyclic) bond motifs is 11. The van der Waals surface area contributed by atoms with Crippen LogP contribution < -0.4 is 0 Å². The van der Waals surface area contributed by atoms with Gasteiger partial charge in [-0.2, -0.15) is 0 Å². The summed E-state index contributed by atoms with van der Waals surface area (Å²) in [7, 11) is 0. The van der Waals surface area contributed by atoms with E-state index in [1.54, 1.807) is 0 Å². The van der Waals surface area contributed by atoms with Crippen LogP contribution in [0.15, 0.2) is 182 Å². The van der Waals surface area contributed by atoms with Crippen molar-refractivity contribution in [1.29, 1.82) is 0 Å². The van der Waals surface area contributed by atoms with Gasteiger partial charge in [0.05, 0.1) is 16.6 Å². The van der Waals surface area contributed by atoms with Crippen LogP contribution in [0.2, 0.25) is 0 Å². The number of para-hydroxylation sites is 1. The van der Waals surface area contributed by atoms with E-state index >= 15 is 0 Å². The number of benzene rings is 7. The molecule has 1 spiro atoms. The summed E-state index contributed by atoms with van der Waals surface area (Å²) in [6.07, 6.45) is 6.16. The Labute approximate surface area is 292 Å². The number of aromatic nitrogens is 1. The van der Waals surface area contributed by atoms with Crippen LogP contribution in [0.25, 0.3) is 71.5 Å². The zero-order valence-electron chi connectivity index (χ0n) is 27.8. The Kier molecular flexibility index (Phi) is 6.22. The second kappa shape index (κ2) is 10.9. The van der Waals surface area contributed by atoms with E-state index in [0.717, 1.165) is 16.8 Å². The van der Waals surface area contributed by atoms with E-state index in [2.05, 4.69) is 177 Å². The van der Waals surface area contributed by atoms with Gasteiger partial charge in [0.1, 0.15) is 0 Å². The SMILES string of the molecule is C=C/C=C\C1=C(C)C2(c3ccccc31)c1ccccc1-c1cc3c(cc12)c(-c1cccc(-c2cccc4ccccc24)c1)nc1ccccc13. The zero-order valence-corrected chi connectivity index (χ0v) is 27.8. The van der Waals surface area contributed by atoms with Gasteiger partial charge in [-0.05, 0) is 103 Å². The van der Waals surface area contributed by atoms with Crippen LogP contribution in [0, 0.1) is 0 Å². The Morgan fingerprint density at radius 3 is 2.04 bits per heavy atom. The minimum absolute atomic E-state index is 0.411. The molecule has 0 radical (unpaired) electrons. The van der Waals surface area contributed by atoms with Crippen molar-refractivity contribution in [3.8, 4) is 33.5 Å². The minimum atomic E-state index is -0.411. The van der Waals surface area contributed by atoms with Crippen LogP contribution in [-0.2, 0) is 5.41 Å². The second-order valence-corrected chi connectivity index (χ2v) is 13.5. The van der Waals surface area contributed by atoms with E-state index in [1.807, 2.05) is 6.08 Å². The monoisotopic (exact) mass is 635 g/mol. The number of nitrogens with zero attached hydrogens (tertiary/aromatic N) is 1. The van der Waals surface area contributed by atoms with E-state index in [4.69, 9.17) is 4.98 Å². The summed E-state index contributed by atoms with van der Waals surface area (Å²) in [5, 5.41) is 6.07. The molecule has 8 aromatic rings. The smallest absolute Gasteiger partial charge is 0.0788 e. The van der Waals surface area contributed by atoms with Crippen molar-refractivity contribution in [2.45, 2.75) is 12.3 Å². The Bertz CT molecular complexity index is 2790. The van der Waals surface area contributed by atoms with Crippen molar-refractivity contribution in [2.75, 3.05) is 0 Å². The molecule has 234 valence electrons. The summed E-state index contributed by atoms with van der Waals surface area (Å²) in [6, 6.07) is 55.6. The number of allylic oxidation sites excluding steroid dienone is 5. The lowest BCUT2D eigenvalue weighted by atomic mass is 9.70. The van der Waals surface area contributed by atoms with Crippen molar-refractivity contribution in [3.05, 3.63) is 204 Å². The van der Waals surface area contributed by atoms with Crippen LogP contribution in [0.3, 0.4) is 0 Å². The third kappa shape index (κ3) is 3.86. The lowest BCUT2D eigenvalue weighted by molar-refractivity contribution is 0.767. The Balaban J connectivity index is 1.30. The van der Waals surface area contributed by atoms with Gasteiger partial charge in [-0.3, -0.25) is 0 Å². The zero-order chi connectivity index (χ0) is 33.4. The molecule has 0 saturated carbocycles. The second-order valence-electron chi connectivity index (χ2n) is 13.5. The summed E-state index contributed by atoms with van der Waals surface area (Å²) < 4.78 is 0. The average Bonchev–Trinajstić information content (AvgIpc) is 3.60. The van der Waals surface area contributed by atoms with Crippen LogP contribution in [0.4, 0.5) is 0 Å². The van der Waals surface area contributed by atoms with Gasteiger partial charge >= 0.3 is 0 Å². The van der Waals surface area contributed by atoms with Crippen LogP contribution in [0.1, 0.15) is 29.2 Å². The number of hydrogen-bond donors (Lipinski definition) is 0. The average molecular weight is 636 g/mol. The maximum Gasteiger partial charge on any atom is 0.0788 e. The third-order valence-corrected chi connectivity index (χ3v) is 11.1. The number of rotatable bonds is 4. The van der Waals surface area contributed by atoms with Crippen LogP contribution >= 0.6 is 0 Å². The summed E-state index contributed by atoms with van der Waals surface area (Å²) >= 11 is 0. The molecule has 1 unspecified atom stereocenters. The predicted octanol–water partition coefficient (Wildman–Crippen LogP) is 12.7. The molecule has 7 aromatic carbocycles. The lowest BCUT2D eigenvalue weighted by Crippen LogP contribution is -2.26. The predicted molar refractivity (Wildman–Crippen MR) is 211 cm³/mol. The Hall–Kier alpha value is -6.31. The first-order valence-electron chi connectivity index (χ1n) is 17.3. The molecule has 50 heavy (non-hydrogen) atoms. The maximum atomic E-state index is 5.44. The fourth-order valence-corrected chi connectivity index (χ4v) is 8.98. The maximum absolute atomic E-state index is 5.44. The van der Waals surface area contributed by atoms with E-state index in [-0.39, 0.29) is 0 Å². The molecule has 1 nitrogen and oxygen atoms in total. The third-order valence-electron chi connectivity index (χ3n) is 11.1. The normalized spacial score (nSPS) is 16.1. The van der Waals surface area contributed by atoms with E-state index < -0.39 is 5.41 Å². The quantitative estimate of drug-likeness (QED) is 0.138. The van der Waals surface area contributed by atoms with E-state index in [0.29, 0.717) is 0 Å². The molecule has 0 fully saturated rings. The van der Waals surface area contributed by atoms with Gasteiger partial charge in [0.15, 0.2) is 0 Å². The fourth-order valence-electron chi connectivity index (χ4n) is 8.98. The summed E-state index contributed by atoms with van der Waals surface area (Å²) in [4.78, 5) is 5.44. The molecule has 1 aromatic heterocycles. The van der Waals surface area contributed by atoms with Gasteiger partial charge in [0, 0.05) is 16.3 Å². The topological polar surface area (TPSA) is 12.9 Å². The van der Waals surface area contributed by atoms with Crippen LogP contribution in [0.5, 0.6) is 0 Å². The summed E-state index contributed by atoms with van der Waals surface area (Å²) in [6.45, 7) is 6.31. The lowest BCUT2D eigenvalue weighted by Gasteiger charge is -2.31. The Morgan fingerprint density at radius 2 is 1.18 bits per heavy atom. The molecule has 0 bridgehead atoms. The van der Waals surface area contributed by atoms with Gasteiger partial charge < -0.3 is 0 Å². The molecule has 2 aliphatic rings. The molecule has 1 atom stereocenters. The molecule has 0 saturated heterocycles. The van der Waals surface area contributed by atoms with Gasteiger partial charge in [-0.15, -0.1) is 0 Å². The molecule has 1 heterocycles. The molecule has 0 N–H and O–H groups in total. The van der Waals surface area contributed by atoms with Gasteiger partial charge in [0.25, 0.3) is 0 Å². The molecular formula is C49H33N. The summed E-state index contributed by atoms with van der Waals surface area (Å²) in [5.74, 6) is 0. The highest BCUT2D eigenvalue weighted by molar-refractivity contribution is 6.14. The van der Waals surface area contributed by atoms with E-state index in [1.165, 1.54) is 82.6 Å². The number of hydrogen-bond acceptors (Lipinski definition) is 1. The highest BCUT2D eigenvalue weighted by Crippen LogP contribution is 2.62. The van der Waals surface area contributed by atoms with Gasteiger partial charge in [-0.25, -0.2) is 4.98 Å². The highest BCUT2D eigenvalue weighted by Gasteiger charge is 2.51. The van der Waals surface area contributed by atoms with Gasteiger partial charge in [-0.1, -0.05) is 152 Å². The molecule has 10 rings (SSSR count). The molecular weight excluding hydrogens is 603 g/mol. The molecule has 0 amide bonds. The van der Waals surface area contributed by atoms with Crippen molar-refractivity contribution < 1.29 is 0 Å². The largest absolute Gasteiger partial charge is 0.247 e. The van der Waals surface area contributed by atoms with Gasteiger partial charge in [0.2, 0.25) is 0 Å². The minimum Gasteiger partial charge on any atom is -0.247 e. The van der Waals surface area contributed by atoms with Crippen LogP contribution in [-0.4, -0.2) is 4.98 Å². The summed E-state index contributed by atoms with van der Waals surface area (Å²) in [5.41, 5.74) is 15.6. The first-order chi connectivity index (χ1) is 24.7. The molecule has 2 aliphatic carbocycles. The van der Waals surface area contributed by atoms with Crippen molar-refractivity contribution in [2.24, 2.45) is 0 Å². The van der Waals surface area contributed by atoms with Crippen molar-refractivity contribution in [1.82, 2.24) is 4.98 Å². The highest BCUT2D eigenvalue weighted by atomic mass is 14.7. The first kappa shape index (κ1) is 28.7. The standard InChI is InChI=1S/C49H33N/c1-3-4-19-35-31(2)49(44-25-10-7-21-38(35)44)45-26-11-8-22-39(45)42-29-41-40-23-9-12-27-47(40)50-48(43(41)30-46(42)49)34-18-13-17-33(28-34)37-24-14-16-32-15-5-6-20-36(32)37/h3-30H,1H2,2H3/b19-4-.